The number of aryl methyl sites for hydroxylation is 1. The van der Waals surface area contributed by atoms with E-state index in [2.05, 4.69) is 5.10 Å². The van der Waals surface area contributed by atoms with Crippen LogP contribution in [0.25, 0.3) is 0 Å². The molecule has 1 heterocycles. The van der Waals surface area contributed by atoms with Gasteiger partial charge in [-0.15, -0.1) is 0 Å². The summed E-state index contributed by atoms with van der Waals surface area (Å²) in [6.07, 6.45) is 2.55. The zero-order valence-corrected chi connectivity index (χ0v) is 10.0. The van der Waals surface area contributed by atoms with Crippen molar-refractivity contribution in [3.63, 3.8) is 0 Å². The molecule has 0 aliphatic heterocycles. The Labute approximate surface area is 100 Å². The summed E-state index contributed by atoms with van der Waals surface area (Å²) in [6, 6.07) is 6.56. The average Bonchev–Trinajstić information content (AvgIpc) is 2.63. The van der Waals surface area contributed by atoms with Crippen LogP contribution in [0.2, 0.25) is 0 Å². The van der Waals surface area contributed by atoms with Crippen LogP contribution < -0.4 is 5.73 Å². The van der Waals surface area contributed by atoms with Gasteiger partial charge < -0.3 is 5.73 Å². The molecule has 0 amide bonds. The van der Waals surface area contributed by atoms with Crippen molar-refractivity contribution in [3.05, 3.63) is 47.4 Å². The first-order valence-corrected chi connectivity index (χ1v) is 5.68. The number of hydrogen-bond acceptors (Lipinski definition) is 2. The second-order valence-electron chi connectivity index (χ2n) is 4.14. The maximum atomic E-state index is 13.2. The molecule has 0 aliphatic carbocycles. The van der Waals surface area contributed by atoms with Gasteiger partial charge in [-0.3, -0.25) is 0 Å². The van der Waals surface area contributed by atoms with E-state index in [1.165, 1.54) is 12.1 Å². The molecule has 1 unspecified atom stereocenters. The average molecular weight is 233 g/mol. The number of halogens is 1. The van der Waals surface area contributed by atoms with Gasteiger partial charge >= 0.3 is 0 Å². The molecule has 1 aromatic carbocycles. The van der Waals surface area contributed by atoms with Crippen LogP contribution in [0.15, 0.2) is 30.5 Å². The highest BCUT2D eigenvalue weighted by Crippen LogP contribution is 2.25. The largest absolute Gasteiger partial charge is 0.384 e. The molecule has 2 rings (SSSR count). The van der Waals surface area contributed by atoms with Gasteiger partial charge in [-0.25, -0.2) is 9.07 Å². The molecule has 1 atom stereocenters. The second-order valence-corrected chi connectivity index (χ2v) is 4.14. The highest BCUT2D eigenvalue weighted by Gasteiger charge is 2.16. The first-order valence-electron chi connectivity index (χ1n) is 5.68. The number of nitrogens with two attached hydrogens (primary N) is 1. The van der Waals surface area contributed by atoms with Gasteiger partial charge in [0, 0.05) is 5.56 Å². The van der Waals surface area contributed by atoms with E-state index in [9.17, 15) is 4.39 Å². The third-order valence-electron chi connectivity index (χ3n) is 2.94. The molecule has 90 valence electrons. The first-order chi connectivity index (χ1) is 8.13. The predicted octanol–water partition coefficient (Wildman–Crippen LogP) is 2.91. The fourth-order valence-electron chi connectivity index (χ4n) is 1.97. The van der Waals surface area contributed by atoms with Crippen LogP contribution in [0.5, 0.6) is 0 Å². The van der Waals surface area contributed by atoms with Gasteiger partial charge in [-0.1, -0.05) is 19.1 Å². The van der Waals surface area contributed by atoms with Crippen LogP contribution >= 0.6 is 0 Å². The highest BCUT2D eigenvalue weighted by molar-refractivity contribution is 5.39. The van der Waals surface area contributed by atoms with Gasteiger partial charge in [0.2, 0.25) is 0 Å². The Morgan fingerprint density at radius 3 is 2.76 bits per heavy atom. The topological polar surface area (TPSA) is 43.8 Å². The number of hydrogen-bond donors (Lipinski definition) is 1. The first kappa shape index (κ1) is 11.6. The molecule has 0 aliphatic rings. The predicted molar refractivity (Wildman–Crippen MR) is 66.2 cm³/mol. The summed E-state index contributed by atoms with van der Waals surface area (Å²) >= 11 is 0. The lowest BCUT2D eigenvalue weighted by atomic mass is 10.0. The van der Waals surface area contributed by atoms with E-state index in [-0.39, 0.29) is 11.9 Å². The molecule has 4 heteroatoms. The molecule has 0 spiro atoms. The highest BCUT2D eigenvalue weighted by atomic mass is 19.1. The fraction of sp³-hybridized carbons (Fsp3) is 0.308. The van der Waals surface area contributed by atoms with Crippen molar-refractivity contribution in [1.82, 2.24) is 9.78 Å². The van der Waals surface area contributed by atoms with E-state index in [0.29, 0.717) is 5.82 Å². The van der Waals surface area contributed by atoms with Crippen molar-refractivity contribution in [2.45, 2.75) is 26.3 Å². The number of anilines is 1. The molecule has 0 saturated carbocycles. The second kappa shape index (κ2) is 4.57. The molecule has 2 aromatic rings. The van der Waals surface area contributed by atoms with E-state index in [4.69, 9.17) is 5.73 Å². The van der Waals surface area contributed by atoms with Crippen LogP contribution in [0.3, 0.4) is 0 Å². The van der Waals surface area contributed by atoms with Crippen molar-refractivity contribution >= 4 is 5.82 Å². The summed E-state index contributed by atoms with van der Waals surface area (Å²) in [5.74, 6) is 0.407. The number of nitrogen functional groups attached to an aromatic ring is 1. The van der Waals surface area contributed by atoms with Gasteiger partial charge in [0.05, 0.1) is 12.2 Å². The van der Waals surface area contributed by atoms with Crippen molar-refractivity contribution < 1.29 is 4.39 Å². The Morgan fingerprint density at radius 2 is 2.24 bits per heavy atom. The van der Waals surface area contributed by atoms with E-state index >= 15 is 0 Å². The molecular formula is C13H16FN3. The summed E-state index contributed by atoms with van der Waals surface area (Å²) in [4.78, 5) is 0. The maximum Gasteiger partial charge on any atom is 0.125 e. The standard InChI is InChI=1S/C13H16FN3/c1-3-12(10-5-4-6-11(14)7-10)17-13(15)9(2)8-16-17/h4-8,12H,3,15H2,1-2H3. The summed E-state index contributed by atoms with van der Waals surface area (Å²) in [5.41, 5.74) is 7.80. The van der Waals surface area contributed by atoms with E-state index in [1.807, 2.05) is 19.9 Å². The summed E-state index contributed by atoms with van der Waals surface area (Å²) < 4.78 is 15.0. The Morgan fingerprint density at radius 1 is 1.47 bits per heavy atom. The summed E-state index contributed by atoms with van der Waals surface area (Å²) in [7, 11) is 0. The van der Waals surface area contributed by atoms with E-state index in [0.717, 1.165) is 17.5 Å². The zero-order valence-electron chi connectivity index (χ0n) is 10.0. The number of aromatic nitrogens is 2. The van der Waals surface area contributed by atoms with E-state index < -0.39 is 0 Å². The number of nitrogens with zero attached hydrogens (tertiary/aromatic N) is 2. The van der Waals surface area contributed by atoms with Crippen molar-refractivity contribution in [1.29, 1.82) is 0 Å². The molecule has 1 aromatic heterocycles. The van der Waals surface area contributed by atoms with E-state index in [1.54, 1.807) is 16.9 Å². The number of benzene rings is 1. The minimum Gasteiger partial charge on any atom is -0.384 e. The SMILES string of the molecule is CCC(c1cccc(F)c1)n1ncc(C)c1N. The molecule has 0 saturated heterocycles. The minimum atomic E-state index is -0.233. The Kier molecular flexibility index (Phi) is 3.13. The summed E-state index contributed by atoms with van der Waals surface area (Å²) in [5, 5.41) is 4.26. The Bertz CT molecular complexity index is 519. The Hall–Kier alpha value is -1.84. The molecule has 0 radical (unpaired) electrons. The van der Waals surface area contributed by atoms with Gasteiger partial charge in [0.15, 0.2) is 0 Å². The van der Waals surface area contributed by atoms with Crippen LogP contribution in [-0.4, -0.2) is 9.78 Å². The van der Waals surface area contributed by atoms with Crippen molar-refractivity contribution in [2.75, 3.05) is 5.73 Å². The molecule has 3 nitrogen and oxygen atoms in total. The molecule has 2 N–H and O–H groups in total. The molecule has 0 fully saturated rings. The molecule has 17 heavy (non-hydrogen) atoms. The smallest absolute Gasteiger partial charge is 0.125 e. The van der Waals surface area contributed by atoms with Gasteiger partial charge in [-0.05, 0) is 31.0 Å². The van der Waals surface area contributed by atoms with Crippen LogP contribution in [0.1, 0.15) is 30.5 Å². The van der Waals surface area contributed by atoms with Crippen LogP contribution in [0, 0.1) is 12.7 Å². The molecular weight excluding hydrogens is 217 g/mol. The van der Waals surface area contributed by atoms with Gasteiger partial charge in [0.1, 0.15) is 11.6 Å². The summed E-state index contributed by atoms with van der Waals surface area (Å²) in [6.45, 7) is 3.95. The van der Waals surface area contributed by atoms with Crippen molar-refractivity contribution in [3.8, 4) is 0 Å². The zero-order chi connectivity index (χ0) is 12.4. The lowest BCUT2D eigenvalue weighted by molar-refractivity contribution is 0.511. The lowest BCUT2D eigenvalue weighted by Gasteiger charge is -2.17. The lowest BCUT2D eigenvalue weighted by Crippen LogP contribution is -2.14. The quantitative estimate of drug-likeness (QED) is 0.885. The van der Waals surface area contributed by atoms with Crippen LogP contribution in [-0.2, 0) is 0 Å². The maximum absolute atomic E-state index is 13.2. The normalized spacial score (nSPS) is 12.6. The number of rotatable bonds is 3. The monoisotopic (exact) mass is 233 g/mol. The van der Waals surface area contributed by atoms with Gasteiger partial charge in [-0.2, -0.15) is 5.10 Å². The van der Waals surface area contributed by atoms with Crippen LogP contribution in [0.4, 0.5) is 10.2 Å². The Balaban J connectivity index is 2.44. The fourth-order valence-corrected chi connectivity index (χ4v) is 1.97. The third-order valence-corrected chi connectivity index (χ3v) is 2.94. The van der Waals surface area contributed by atoms with Gasteiger partial charge in [0.25, 0.3) is 0 Å². The third kappa shape index (κ3) is 2.16. The minimum absolute atomic E-state index is 0.0144. The molecule has 0 bridgehead atoms. The van der Waals surface area contributed by atoms with Crippen molar-refractivity contribution in [2.24, 2.45) is 0 Å².